The van der Waals surface area contributed by atoms with Gasteiger partial charge < -0.3 is 9.26 Å². The van der Waals surface area contributed by atoms with Crippen LogP contribution in [0.15, 0.2) is 51.0 Å². The molecule has 3 heterocycles. The molecule has 0 radical (unpaired) electrons. The highest BCUT2D eigenvalue weighted by Crippen LogP contribution is 2.24. The fourth-order valence-electron chi connectivity index (χ4n) is 2.50. The number of rotatable bonds is 7. The van der Waals surface area contributed by atoms with Crippen molar-refractivity contribution < 1.29 is 14.1 Å². The Bertz CT molecular complexity index is 1050. The third kappa shape index (κ3) is 4.52. The van der Waals surface area contributed by atoms with Gasteiger partial charge in [-0.2, -0.15) is 16.3 Å². The maximum absolute atomic E-state index is 12.0. The molecule has 0 saturated carbocycles. The summed E-state index contributed by atoms with van der Waals surface area (Å²) in [7, 11) is 0. The van der Waals surface area contributed by atoms with Crippen LogP contribution in [0, 0.1) is 6.92 Å². The summed E-state index contributed by atoms with van der Waals surface area (Å²) >= 11 is 3.10. The molecule has 3 aromatic heterocycles. The lowest BCUT2D eigenvalue weighted by molar-refractivity contribution is -0.145. The van der Waals surface area contributed by atoms with Gasteiger partial charge in [0.1, 0.15) is 11.6 Å². The molecule has 0 bridgehead atoms. The molecule has 0 spiro atoms. The number of aromatic nitrogens is 3. The van der Waals surface area contributed by atoms with Gasteiger partial charge in [-0.15, -0.1) is 11.3 Å². The molecule has 0 aliphatic rings. The molecule has 8 heteroatoms. The Labute approximate surface area is 169 Å². The average Bonchev–Trinajstić information content (AvgIpc) is 3.46. The maximum Gasteiger partial charge on any atom is 0.306 e. The summed E-state index contributed by atoms with van der Waals surface area (Å²) in [5, 5.41) is 10.6. The van der Waals surface area contributed by atoms with E-state index in [1.54, 1.807) is 11.3 Å². The Balaban J connectivity index is 1.26. The van der Waals surface area contributed by atoms with Crippen LogP contribution in [0.2, 0.25) is 0 Å². The summed E-state index contributed by atoms with van der Waals surface area (Å²) in [6, 6.07) is 10.1. The third-order valence-corrected chi connectivity index (χ3v) is 5.65. The van der Waals surface area contributed by atoms with Crippen molar-refractivity contribution in [1.82, 2.24) is 15.1 Å². The second-order valence-corrected chi connectivity index (χ2v) is 7.83. The molecule has 6 nitrogen and oxygen atoms in total. The number of esters is 1. The van der Waals surface area contributed by atoms with Gasteiger partial charge in [0.05, 0.1) is 12.1 Å². The van der Waals surface area contributed by atoms with E-state index in [2.05, 4.69) is 27.3 Å². The van der Waals surface area contributed by atoms with Crippen molar-refractivity contribution in [1.29, 1.82) is 0 Å². The van der Waals surface area contributed by atoms with Gasteiger partial charge in [-0.3, -0.25) is 4.79 Å². The topological polar surface area (TPSA) is 78.1 Å². The number of hydrogen-bond donors (Lipinski definition) is 0. The van der Waals surface area contributed by atoms with E-state index in [1.807, 2.05) is 41.3 Å². The van der Waals surface area contributed by atoms with Gasteiger partial charge in [-0.05, 0) is 18.4 Å². The van der Waals surface area contributed by atoms with E-state index in [0.717, 1.165) is 21.8 Å². The van der Waals surface area contributed by atoms with Crippen LogP contribution in [0.25, 0.3) is 22.0 Å². The number of thiophene rings is 1. The first-order valence-corrected chi connectivity index (χ1v) is 10.5. The number of carbonyl (C=O) groups excluding carboxylic acids is 1. The first-order valence-electron chi connectivity index (χ1n) is 8.69. The molecular weight excluding hydrogens is 394 g/mol. The summed E-state index contributed by atoms with van der Waals surface area (Å²) in [4.78, 5) is 20.8. The minimum absolute atomic E-state index is 0.158. The first-order chi connectivity index (χ1) is 13.7. The van der Waals surface area contributed by atoms with Crippen LogP contribution < -0.4 is 0 Å². The van der Waals surface area contributed by atoms with Crippen LogP contribution in [-0.4, -0.2) is 21.1 Å². The van der Waals surface area contributed by atoms with Crippen molar-refractivity contribution >= 4 is 28.6 Å². The summed E-state index contributed by atoms with van der Waals surface area (Å²) < 4.78 is 10.5. The fraction of sp³-hybridized carbons (Fsp3) is 0.200. The normalized spacial score (nSPS) is 10.9. The van der Waals surface area contributed by atoms with E-state index in [1.165, 1.54) is 16.9 Å². The van der Waals surface area contributed by atoms with Crippen molar-refractivity contribution in [3.63, 3.8) is 0 Å². The quantitative estimate of drug-likeness (QED) is 0.402. The van der Waals surface area contributed by atoms with Crippen LogP contribution >= 0.6 is 22.7 Å². The van der Waals surface area contributed by atoms with E-state index in [-0.39, 0.29) is 19.0 Å². The Morgan fingerprint density at radius 2 is 1.96 bits per heavy atom. The third-order valence-electron chi connectivity index (χ3n) is 4.02. The number of carbonyl (C=O) groups is 1. The lowest BCUT2D eigenvalue weighted by Crippen LogP contribution is -2.06. The van der Waals surface area contributed by atoms with Crippen LogP contribution in [-0.2, 0) is 22.6 Å². The van der Waals surface area contributed by atoms with Gasteiger partial charge in [0.15, 0.2) is 0 Å². The van der Waals surface area contributed by atoms with E-state index in [4.69, 9.17) is 9.26 Å². The van der Waals surface area contributed by atoms with Crippen LogP contribution in [0.3, 0.4) is 0 Å². The van der Waals surface area contributed by atoms with Crippen molar-refractivity contribution in [2.75, 3.05) is 0 Å². The molecule has 4 rings (SSSR count). The summed E-state index contributed by atoms with van der Waals surface area (Å²) in [6.45, 7) is 2.21. The number of nitrogens with zero attached hydrogens (tertiary/aromatic N) is 3. The molecule has 0 fully saturated rings. The number of aryl methyl sites for hydroxylation is 2. The SMILES string of the molecule is Cc1ccc(-c2nc(COC(=O)CCc3nc(-c4ccsc4)no3)cs2)cc1. The Kier molecular flexibility index (Phi) is 5.59. The highest BCUT2D eigenvalue weighted by Gasteiger charge is 2.12. The lowest BCUT2D eigenvalue weighted by Gasteiger charge is -2.01. The monoisotopic (exact) mass is 411 g/mol. The molecular formula is C20H17N3O3S2. The van der Waals surface area contributed by atoms with E-state index >= 15 is 0 Å². The van der Waals surface area contributed by atoms with E-state index in [9.17, 15) is 4.79 Å². The zero-order chi connectivity index (χ0) is 19.3. The number of benzene rings is 1. The molecule has 0 saturated heterocycles. The van der Waals surface area contributed by atoms with Crippen LogP contribution in [0.1, 0.15) is 23.6 Å². The average molecular weight is 412 g/mol. The number of ether oxygens (including phenoxy) is 1. The van der Waals surface area contributed by atoms with Gasteiger partial charge in [0, 0.05) is 28.3 Å². The largest absolute Gasteiger partial charge is 0.459 e. The van der Waals surface area contributed by atoms with Crippen LogP contribution in [0.4, 0.5) is 0 Å². The molecule has 0 aliphatic carbocycles. The van der Waals surface area contributed by atoms with Gasteiger partial charge in [0.25, 0.3) is 0 Å². The summed E-state index contributed by atoms with van der Waals surface area (Å²) in [5.74, 6) is 0.643. The summed E-state index contributed by atoms with van der Waals surface area (Å²) in [6.07, 6.45) is 0.530. The minimum atomic E-state index is -0.319. The van der Waals surface area contributed by atoms with Crippen molar-refractivity contribution in [2.24, 2.45) is 0 Å². The Morgan fingerprint density at radius 3 is 2.75 bits per heavy atom. The zero-order valence-electron chi connectivity index (χ0n) is 15.1. The number of hydrogen-bond acceptors (Lipinski definition) is 8. The predicted molar refractivity (Wildman–Crippen MR) is 108 cm³/mol. The molecule has 0 aliphatic heterocycles. The molecule has 1 aromatic carbocycles. The first kappa shape index (κ1) is 18.5. The minimum Gasteiger partial charge on any atom is -0.459 e. The molecule has 0 unspecified atom stereocenters. The Hall–Kier alpha value is -2.84. The molecule has 0 N–H and O–H groups in total. The second kappa shape index (κ2) is 8.45. The van der Waals surface area contributed by atoms with Gasteiger partial charge in [-0.25, -0.2) is 4.98 Å². The highest BCUT2D eigenvalue weighted by atomic mass is 32.1. The predicted octanol–water partition coefficient (Wildman–Crippen LogP) is 4.91. The van der Waals surface area contributed by atoms with Crippen molar-refractivity contribution in [3.05, 3.63) is 63.6 Å². The fourth-order valence-corrected chi connectivity index (χ4v) is 3.95. The second-order valence-electron chi connectivity index (χ2n) is 6.19. The lowest BCUT2D eigenvalue weighted by atomic mass is 10.2. The van der Waals surface area contributed by atoms with Crippen molar-refractivity contribution in [3.8, 4) is 22.0 Å². The molecule has 0 atom stereocenters. The molecule has 142 valence electrons. The molecule has 4 aromatic rings. The Morgan fingerprint density at radius 1 is 1.11 bits per heavy atom. The van der Waals surface area contributed by atoms with Crippen LogP contribution in [0.5, 0.6) is 0 Å². The van der Waals surface area contributed by atoms with Gasteiger partial charge in [0.2, 0.25) is 11.7 Å². The zero-order valence-corrected chi connectivity index (χ0v) is 16.8. The maximum atomic E-state index is 12.0. The van der Waals surface area contributed by atoms with Gasteiger partial charge >= 0.3 is 5.97 Å². The van der Waals surface area contributed by atoms with Gasteiger partial charge in [-0.1, -0.05) is 35.0 Å². The van der Waals surface area contributed by atoms with E-state index in [0.29, 0.717) is 18.1 Å². The molecule has 28 heavy (non-hydrogen) atoms. The summed E-state index contributed by atoms with van der Waals surface area (Å²) in [5.41, 5.74) is 3.92. The van der Waals surface area contributed by atoms with E-state index < -0.39 is 0 Å². The molecule has 0 amide bonds. The number of thiazole rings is 1. The standard InChI is InChI=1S/C20H17N3O3S2/c1-13-2-4-14(5-3-13)20-21-16(12-28-20)10-25-18(24)7-6-17-22-19(23-26-17)15-8-9-27-11-15/h2-5,8-9,11-12H,6-7,10H2,1H3. The highest BCUT2D eigenvalue weighted by molar-refractivity contribution is 7.13. The smallest absolute Gasteiger partial charge is 0.306 e. The van der Waals surface area contributed by atoms with Crippen molar-refractivity contribution in [2.45, 2.75) is 26.4 Å².